The summed E-state index contributed by atoms with van der Waals surface area (Å²) >= 11 is 1.55. The van der Waals surface area contributed by atoms with E-state index in [2.05, 4.69) is 10.5 Å². The fourth-order valence-electron chi connectivity index (χ4n) is 1.18. The Kier molecular flexibility index (Phi) is 4.51. The highest BCUT2D eigenvalue weighted by molar-refractivity contribution is 7.10. The minimum atomic E-state index is -0.556. The minimum Gasteiger partial charge on any atom is -0.409 e. The summed E-state index contributed by atoms with van der Waals surface area (Å²) in [6.07, 6.45) is 0.365. The van der Waals surface area contributed by atoms with Gasteiger partial charge in [0.15, 0.2) is 0 Å². The van der Waals surface area contributed by atoms with E-state index in [0.29, 0.717) is 13.0 Å². The van der Waals surface area contributed by atoms with Crippen molar-refractivity contribution in [3.8, 4) is 0 Å². The first kappa shape index (κ1) is 13.5. The predicted molar refractivity (Wildman–Crippen MR) is 68.2 cm³/mol. The number of hydrogen-bond donors (Lipinski definition) is 3. The van der Waals surface area contributed by atoms with Crippen LogP contribution in [0.15, 0.2) is 22.7 Å². The highest BCUT2D eigenvalue weighted by Gasteiger charge is 2.24. The maximum absolute atomic E-state index is 11.6. The predicted octanol–water partition coefficient (Wildman–Crippen LogP) is 1.18. The van der Waals surface area contributed by atoms with Gasteiger partial charge in [0.1, 0.15) is 5.84 Å². The quantitative estimate of drug-likeness (QED) is 0.319. The molecule has 1 aromatic heterocycles. The zero-order chi connectivity index (χ0) is 12.9. The molecule has 0 bridgehead atoms. The lowest BCUT2D eigenvalue weighted by atomic mass is 9.92. The first-order valence-corrected chi connectivity index (χ1v) is 6.11. The summed E-state index contributed by atoms with van der Waals surface area (Å²) in [6.45, 7) is 3.94. The molecule has 0 aliphatic heterocycles. The average molecular weight is 255 g/mol. The molecule has 0 aliphatic rings. The van der Waals surface area contributed by atoms with Crippen molar-refractivity contribution in [1.82, 2.24) is 5.32 Å². The molecule has 0 fully saturated rings. The largest absolute Gasteiger partial charge is 0.409 e. The Labute approximate surface area is 104 Å². The zero-order valence-electron chi connectivity index (χ0n) is 9.93. The van der Waals surface area contributed by atoms with Gasteiger partial charge in [0.05, 0.1) is 6.42 Å². The molecule has 0 saturated heterocycles. The number of rotatable bonds is 5. The van der Waals surface area contributed by atoms with Crippen molar-refractivity contribution < 1.29 is 10.0 Å². The zero-order valence-corrected chi connectivity index (χ0v) is 10.8. The Morgan fingerprint density at radius 3 is 2.88 bits per heavy atom. The molecule has 0 atom stereocenters. The smallest absolute Gasteiger partial charge is 0.225 e. The third-order valence-electron chi connectivity index (χ3n) is 2.44. The van der Waals surface area contributed by atoms with Crippen molar-refractivity contribution in [2.45, 2.75) is 20.3 Å². The number of thiophene rings is 1. The van der Waals surface area contributed by atoms with E-state index in [9.17, 15) is 4.79 Å². The van der Waals surface area contributed by atoms with Crippen molar-refractivity contribution in [3.63, 3.8) is 0 Å². The second-order valence-corrected chi connectivity index (χ2v) is 5.43. The molecule has 5 nitrogen and oxygen atoms in total. The third kappa shape index (κ3) is 4.07. The summed E-state index contributed by atoms with van der Waals surface area (Å²) < 4.78 is 0. The number of nitrogens with two attached hydrogens (primary N) is 1. The SMILES string of the molecule is CC(C)(CNC(=O)Cc1cccs1)/C(N)=N/O. The van der Waals surface area contributed by atoms with Gasteiger partial charge in [-0.2, -0.15) is 0 Å². The van der Waals surface area contributed by atoms with E-state index in [1.807, 2.05) is 17.5 Å². The first-order chi connectivity index (χ1) is 7.95. The van der Waals surface area contributed by atoms with E-state index in [1.54, 1.807) is 25.2 Å². The van der Waals surface area contributed by atoms with Gasteiger partial charge in [0.25, 0.3) is 0 Å². The number of nitrogens with zero attached hydrogens (tertiary/aromatic N) is 1. The molecule has 94 valence electrons. The molecule has 17 heavy (non-hydrogen) atoms. The van der Waals surface area contributed by atoms with Gasteiger partial charge in [-0.1, -0.05) is 25.1 Å². The summed E-state index contributed by atoms with van der Waals surface area (Å²) in [5.74, 6) is 0.0418. The number of amidine groups is 1. The molecule has 4 N–H and O–H groups in total. The molecule has 1 heterocycles. The number of hydrogen-bond acceptors (Lipinski definition) is 4. The van der Waals surface area contributed by atoms with Gasteiger partial charge in [-0.25, -0.2) is 0 Å². The lowest BCUT2D eigenvalue weighted by Gasteiger charge is -2.22. The summed E-state index contributed by atoms with van der Waals surface area (Å²) in [5.41, 5.74) is 4.97. The van der Waals surface area contributed by atoms with Crippen LogP contribution in [0.3, 0.4) is 0 Å². The fraction of sp³-hybridized carbons (Fsp3) is 0.455. The molecular formula is C11H17N3O2S. The summed E-state index contributed by atoms with van der Waals surface area (Å²) in [7, 11) is 0. The molecule has 1 amide bonds. The summed E-state index contributed by atoms with van der Waals surface area (Å²) in [4.78, 5) is 12.6. The van der Waals surface area contributed by atoms with Crippen LogP contribution in [0.5, 0.6) is 0 Å². The fourth-order valence-corrected chi connectivity index (χ4v) is 1.88. The average Bonchev–Trinajstić information content (AvgIpc) is 2.78. The Balaban J connectivity index is 2.43. The summed E-state index contributed by atoms with van der Waals surface area (Å²) in [5, 5.41) is 16.3. The molecule has 0 aliphatic carbocycles. The molecule has 1 aromatic rings. The Hall–Kier alpha value is -1.56. The number of carbonyl (C=O) groups is 1. The Morgan fingerprint density at radius 1 is 1.65 bits per heavy atom. The Morgan fingerprint density at radius 2 is 2.35 bits per heavy atom. The maximum Gasteiger partial charge on any atom is 0.225 e. The molecule has 6 heteroatoms. The maximum atomic E-state index is 11.6. The van der Waals surface area contributed by atoms with Crippen LogP contribution in [0.25, 0.3) is 0 Å². The highest BCUT2D eigenvalue weighted by Crippen LogP contribution is 2.14. The number of amides is 1. The van der Waals surface area contributed by atoms with Crippen LogP contribution >= 0.6 is 11.3 Å². The van der Waals surface area contributed by atoms with Crippen molar-refractivity contribution in [3.05, 3.63) is 22.4 Å². The van der Waals surface area contributed by atoms with Gasteiger partial charge in [0, 0.05) is 16.8 Å². The van der Waals surface area contributed by atoms with Crippen molar-refractivity contribution >= 4 is 23.1 Å². The van der Waals surface area contributed by atoms with E-state index >= 15 is 0 Å². The van der Waals surface area contributed by atoms with E-state index in [1.165, 1.54) is 0 Å². The van der Waals surface area contributed by atoms with Gasteiger partial charge in [-0.3, -0.25) is 4.79 Å². The van der Waals surface area contributed by atoms with Gasteiger partial charge in [0.2, 0.25) is 5.91 Å². The monoisotopic (exact) mass is 255 g/mol. The molecule has 0 aromatic carbocycles. The van der Waals surface area contributed by atoms with E-state index in [0.717, 1.165) is 4.88 Å². The van der Waals surface area contributed by atoms with E-state index in [-0.39, 0.29) is 11.7 Å². The highest BCUT2D eigenvalue weighted by atomic mass is 32.1. The van der Waals surface area contributed by atoms with Crippen LogP contribution < -0.4 is 11.1 Å². The minimum absolute atomic E-state index is 0.0636. The molecular weight excluding hydrogens is 238 g/mol. The topological polar surface area (TPSA) is 87.7 Å². The number of oxime groups is 1. The lowest BCUT2D eigenvalue weighted by Crippen LogP contribution is -2.42. The molecule has 1 rings (SSSR count). The van der Waals surface area contributed by atoms with Gasteiger partial charge in [-0.15, -0.1) is 11.3 Å². The van der Waals surface area contributed by atoms with Crippen LogP contribution in [-0.4, -0.2) is 23.5 Å². The normalized spacial score (nSPS) is 12.5. The second-order valence-electron chi connectivity index (χ2n) is 4.40. The molecule has 0 saturated carbocycles. The van der Waals surface area contributed by atoms with E-state index in [4.69, 9.17) is 10.9 Å². The van der Waals surface area contributed by atoms with Crippen LogP contribution in [0.4, 0.5) is 0 Å². The van der Waals surface area contributed by atoms with Crippen LogP contribution in [0.2, 0.25) is 0 Å². The first-order valence-electron chi connectivity index (χ1n) is 5.23. The lowest BCUT2D eigenvalue weighted by molar-refractivity contribution is -0.120. The van der Waals surface area contributed by atoms with Gasteiger partial charge in [-0.05, 0) is 11.4 Å². The molecule has 0 spiro atoms. The van der Waals surface area contributed by atoms with Crippen LogP contribution in [0, 0.1) is 5.41 Å². The molecule has 0 unspecified atom stereocenters. The van der Waals surface area contributed by atoms with Gasteiger partial charge >= 0.3 is 0 Å². The second kappa shape index (κ2) is 5.67. The van der Waals surface area contributed by atoms with Crippen LogP contribution in [-0.2, 0) is 11.2 Å². The third-order valence-corrected chi connectivity index (χ3v) is 3.32. The number of carbonyl (C=O) groups excluding carboxylic acids is 1. The van der Waals surface area contributed by atoms with Crippen molar-refractivity contribution in [2.75, 3.05) is 6.54 Å². The van der Waals surface area contributed by atoms with Gasteiger partial charge < -0.3 is 16.3 Å². The standard InChI is InChI=1S/C11H17N3O2S/c1-11(2,10(12)14-16)7-13-9(15)6-8-4-3-5-17-8/h3-5,16H,6-7H2,1-2H3,(H2,12,14)(H,13,15). The molecule has 0 radical (unpaired) electrons. The van der Waals surface area contributed by atoms with Crippen molar-refractivity contribution in [2.24, 2.45) is 16.3 Å². The van der Waals surface area contributed by atoms with E-state index < -0.39 is 5.41 Å². The van der Waals surface area contributed by atoms with Crippen molar-refractivity contribution in [1.29, 1.82) is 0 Å². The summed E-state index contributed by atoms with van der Waals surface area (Å²) in [6, 6.07) is 3.83. The van der Waals surface area contributed by atoms with Crippen LogP contribution in [0.1, 0.15) is 18.7 Å². The number of nitrogens with one attached hydrogen (secondary N) is 1. The Bertz CT molecular complexity index is 399.